The van der Waals surface area contributed by atoms with Crippen LogP contribution < -0.4 is 10.1 Å². The minimum Gasteiger partial charge on any atom is -0.492 e. The number of carbonyl (C=O) groups excluding carboxylic acids is 1. The number of aromatic nitrogens is 2. The van der Waals surface area contributed by atoms with Gasteiger partial charge in [-0.15, -0.1) is 0 Å². The highest BCUT2D eigenvalue weighted by Gasteiger charge is 2.19. The summed E-state index contributed by atoms with van der Waals surface area (Å²) in [5, 5.41) is 3.15. The molecule has 6 nitrogen and oxygen atoms in total. The molecule has 1 aromatic heterocycles. The molecule has 1 saturated heterocycles. The Balaban J connectivity index is 1.76. The molecule has 0 aliphatic carbocycles. The summed E-state index contributed by atoms with van der Waals surface area (Å²) in [6.07, 6.45) is 6.11. The average molecular weight is 340 g/mol. The number of amides is 1. The van der Waals surface area contributed by atoms with E-state index >= 15 is 0 Å². The molecule has 1 aliphatic heterocycles. The number of likely N-dealkylation sites (tertiary alicyclic amines) is 1. The van der Waals surface area contributed by atoms with Crippen LogP contribution in [0.15, 0.2) is 36.5 Å². The van der Waals surface area contributed by atoms with Crippen molar-refractivity contribution in [1.82, 2.24) is 14.9 Å². The van der Waals surface area contributed by atoms with Gasteiger partial charge in [-0.1, -0.05) is 25.0 Å². The summed E-state index contributed by atoms with van der Waals surface area (Å²) in [6.45, 7) is 4.12. The summed E-state index contributed by atoms with van der Waals surface area (Å²) in [6, 6.07) is 9.29. The van der Waals surface area contributed by atoms with Crippen molar-refractivity contribution in [2.75, 3.05) is 25.0 Å². The second-order valence-electron chi connectivity index (χ2n) is 6.03. The van der Waals surface area contributed by atoms with E-state index in [1.807, 2.05) is 36.1 Å². The van der Waals surface area contributed by atoms with Gasteiger partial charge >= 0.3 is 0 Å². The lowest BCUT2D eigenvalue weighted by atomic mass is 10.2. The molecule has 1 aromatic carbocycles. The number of rotatable bonds is 5. The van der Waals surface area contributed by atoms with Crippen LogP contribution in [0.3, 0.4) is 0 Å². The van der Waals surface area contributed by atoms with E-state index in [0.717, 1.165) is 37.4 Å². The van der Waals surface area contributed by atoms with Crippen LogP contribution in [0.25, 0.3) is 0 Å². The van der Waals surface area contributed by atoms with Crippen molar-refractivity contribution in [3.05, 3.63) is 42.2 Å². The molecule has 1 N–H and O–H groups in total. The highest BCUT2D eigenvalue weighted by Crippen LogP contribution is 2.26. The molecule has 1 aliphatic rings. The first-order chi connectivity index (χ1) is 12.3. The minimum atomic E-state index is -0.0227. The Bertz CT molecular complexity index is 712. The number of carbonyl (C=O) groups is 1. The van der Waals surface area contributed by atoms with Gasteiger partial charge in [-0.2, -0.15) is 0 Å². The summed E-state index contributed by atoms with van der Waals surface area (Å²) in [4.78, 5) is 23.2. The predicted octanol–water partition coefficient (Wildman–Crippen LogP) is 3.64. The molecule has 0 spiro atoms. The smallest absolute Gasteiger partial charge is 0.272 e. The molecule has 0 atom stereocenters. The van der Waals surface area contributed by atoms with Crippen LogP contribution in [-0.4, -0.2) is 40.5 Å². The van der Waals surface area contributed by atoms with E-state index in [1.54, 1.807) is 12.3 Å². The minimum absolute atomic E-state index is 0.0227. The lowest BCUT2D eigenvalue weighted by Crippen LogP contribution is -2.32. The predicted molar refractivity (Wildman–Crippen MR) is 97.3 cm³/mol. The monoisotopic (exact) mass is 340 g/mol. The van der Waals surface area contributed by atoms with Crippen molar-refractivity contribution in [1.29, 1.82) is 0 Å². The van der Waals surface area contributed by atoms with Crippen LogP contribution in [0.4, 0.5) is 11.6 Å². The number of ether oxygens (including phenoxy) is 1. The van der Waals surface area contributed by atoms with Crippen molar-refractivity contribution >= 4 is 17.5 Å². The number of nitrogens with one attached hydrogen (secondary N) is 1. The zero-order valence-electron chi connectivity index (χ0n) is 14.6. The van der Waals surface area contributed by atoms with Gasteiger partial charge in [0.25, 0.3) is 5.91 Å². The zero-order valence-corrected chi connectivity index (χ0v) is 14.6. The molecule has 132 valence electrons. The molecule has 2 aromatic rings. The van der Waals surface area contributed by atoms with Gasteiger partial charge in [0.15, 0.2) is 0 Å². The van der Waals surface area contributed by atoms with Crippen LogP contribution in [-0.2, 0) is 0 Å². The first kappa shape index (κ1) is 17.2. The second-order valence-corrected chi connectivity index (χ2v) is 6.03. The van der Waals surface area contributed by atoms with Gasteiger partial charge in [0.05, 0.1) is 12.3 Å². The van der Waals surface area contributed by atoms with Crippen molar-refractivity contribution < 1.29 is 9.53 Å². The summed E-state index contributed by atoms with van der Waals surface area (Å²) in [5.74, 6) is 1.11. The molecule has 0 saturated carbocycles. The van der Waals surface area contributed by atoms with Gasteiger partial charge < -0.3 is 15.0 Å². The molecule has 0 bridgehead atoms. The van der Waals surface area contributed by atoms with Gasteiger partial charge in [0.2, 0.25) is 5.95 Å². The Hall–Kier alpha value is -2.63. The average Bonchev–Trinajstić information content (AvgIpc) is 2.93. The standard InChI is InChI=1S/C19H24N4O2/c1-2-25-17-10-6-5-9-15(17)21-19-20-12-11-16(22-19)18(24)23-13-7-3-4-8-14-23/h5-6,9-12H,2-4,7-8,13-14H2,1H3,(H,20,21,22). The maximum absolute atomic E-state index is 12.7. The second kappa shape index (κ2) is 8.46. The SMILES string of the molecule is CCOc1ccccc1Nc1nccc(C(=O)N2CCCCCC2)n1. The van der Waals surface area contributed by atoms with Crippen molar-refractivity contribution in [2.24, 2.45) is 0 Å². The number of hydrogen-bond acceptors (Lipinski definition) is 5. The molecule has 25 heavy (non-hydrogen) atoms. The van der Waals surface area contributed by atoms with Gasteiger partial charge in [0.1, 0.15) is 11.4 Å². The Morgan fingerprint density at radius 1 is 1.16 bits per heavy atom. The quantitative estimate of drug-likeness (QED) is 0.900. The number of anilines is 2. The molecular formula is C19H24N4O2. The first-order valence-corrected chi connectivity index (χ1v) is 8.89. The van der Waals surface area contributed by atoms with E-state index in [9.17, 15) is 4.79 Å². The van der Waals surface area contributed by atoms with Gasteiger partial charge in [-0.3, -0.25) is 4.79 Å². The van der Waals surface area contributed by atoms with E-state index in [4.69, 9.17) is 4.74 Å². The van der Waals surface area contributed by atoms with Crippen LogP contribution in [0.2, 0.25) is 0 Å². The third kappa shape index (κ3) is 4.47. The molecule has 6 heteroatoms. The number of nitrogens with zero attached hydrogens (tertiary/aromatic N) is 3. The van der Waals surface area contributed by atoms with Crippen molar-refractivity contribution in [3.63, 3.8) is 0 Å². The molecule has 1 amide bonds. The zero-order chi connectivity index (χ0) is 17.5. The normalized spacial score (nSPS) is 14.7. The Morgan fingerprint density at radius 3 is 2.68 bits per heavy atom. The fourth-order valence-electron chi connectivity index (χ4n) is 2.95. The van der Waals surface area contributed by atoms with E-state index in [1.165, 1.54) is 12.8 Å². The maximum Gasteiger partial charge on any atom is 0.272 e. The summed E-state index contributed by atoms with van der Waals surface area (Å²) < 4.78 is 5.60. The molecule has 2 heterocycles. The van der Waals surface area contributed by atoms with Gasteiger partial charge in [-0.25, -0.2) is 9.97 Å². The molecule has 0 radical (unpaired) electrons. The maximum atomic E-state index is 12.7. The molecular weight excluding hydrogens is 316 g/mol. The van der Waals surface area contributed by atoms with Crippen LogP contribution in [0.5, 0.6) is 5.75 Å². The summed E-state index contributed by atoms with van der Waals surface area (Å²) >= 11 is 0. The van der Waals surface area contributed by atoms with Gasteiger partial charge in [-0.05, 0) is 38.0 Å². The van der Waals surface area contributed by atoms with Crippen LogP contribution in [0.1, 0.15) is 43.1 Å². The van der Waals surface area contributed by atoms with E-state index in [2.05, 4.69) is 15.3 Å². The van der Waals surface area contributed by atoms with E-state index in [0.29, 0.717) is 18.2 Å². The Morgan fingerprint density at radius 2 is 1.92 bits per heavy atom. The molecule has 3 rings (SSSR count). The third-order valence-corrected chi connectivity index (χ3v) is 4.20. The molecule has 0 unspecified atom stereocenters. The Labute approximate surface area is 148 Å². The number of hydrogen-bond donors (Lipinski definition) is 1. The van der Waals surface area contributed by atoms with Crippen molar-refractivity contribution in [2.45, 2.75) is 32.6 Å². The fourth-order valence-corrected chi connectivity index (χ4v) is 2.95. The van der Waals surface area contributed by atoms with Gasteiger partial charge in [0, 0.05) is 19.3 Å². The van der Waals surface area contributed by atoms with Crippen LogP contribution in [0, 0.1) is 0 Å². The van der Waals surface area contributed by atoms with E-state index < -0.39 is 0 Å². The topological polar surface area (TPSA) is 67.3 Å². The largest absolute Gasteiger partial charge is 0.492 e. The fraction of sp³-hybridized carbons (Fsp3) is 0.421. The highest BCUT2D eigenvalue weighted by molar-refractivity contribution is 5.92. The lowest BCUT2D eigenvalue weighted by Gasteiger charge is -2.20. The summed E-state index contributed by atoms with van der Waals surface area (Å²) in [7, 11) is 0. The third-order valence-electron chi connectivity index (χ3n) is 4.20. The van der Waals surface area contributed by atoms with E-state index in [-0.39, 0.29) is 5.91 Å². The number of benzene rings is 1. The molecule has 1 fully saturated rings. The van der Waals surface area contributed by atoms with Crippen LogP contribution >= 0.6 is 0 Å². The highest BCUT2D eigenvalue weighted by atomic mass is 16.5. The number of para-hydroxylation sites is 2. The first-order valence-electron chi connectivity index (χ1n) is 8.89. The lowest BCUT2D eigenvalue weighted by molar-refractivity contribution is 0.0755. The Kier molecular flexibility index (Phi) is 5.82. The summed E-state index contributed by atoms with van der Waals surface area (Å²) in [5.41, 5.74) is 1.21. The van der Waals surface area contributed by atoms with Crippen molar-refractivity contribution in [3.8, 4) is 5.75 Å².